The van der Waals surface area contributed by atoms with Crippen LogP contribution in [0.15, 0.2) is 10.6 Å². The fourth-order valence-corrected chi connectivity index (χ4v) is 4.16. The normalized spacial score (nSPS) is 33.6. The number of carbonyl (C=O) groups is 3. The summed E-state index contributed by atoms with van der Waals surface area (Å²) in [5.74, 6) is -1.08. The first-order valence-corrected chi connectivity index (χ1v) is 7.63. The van der Waals surface area contributed by atoms with Crippen LogP contribution in [-0.4, -0.2) is 35.7 Å². The second kappa shape index (κ2) is 5.07. The standard InChI is InChI=1S/C15H16N2O6/c1-6-2-10(17-23-6)16-11(18)5-21-14(19)12-7-3-8-9(4-7)22-15(20)13(8)12/h2,7-9,12-13H,3-5H2,1H3,(H,16,17,18)/t7-,8+,9-,12-,13-/m1/s1. The highest BCUT2D eigenvalue weighted by Crippen LogP contribution is 2.57. The maximum atomic E-state index is 12.3. The molecule has 0 unspecified atom stereocenters. The van der Waals surface area contributed by atoms with E-state index in [1.165, 1.54) is 0 Å². The average molecular weight is 320 g/mol. The van der Waals surface area contributed by atoms with Gasteiger partial charge in [-0.25, -0.2) is 0 Å². The fraction of sp³-hybridized carbons (Fsp3) is 0.600. The number of rotatable bonds is 4. The number of hydrogen-bond donors (Lipinski definition) is 1. The number of aromatic nitrogens is 1. The van der Waals surface area contributed by atoms with Gasteiger partial charge in [-0.1, -0.05) is 5.16 Å². The van der Waals surface area contributed by atoms with Gasteiger partial charge in [0.1, 0.15) is 11.9 Å². The lowest BCUT2D eigenvalue weighted by Gasteiger charge is -2.22. The van der Waals surface area contributed by atoms with Crippen molar-refractivity contribution in [1.29, 1.82) is 0 Å². The van der Waals surface area contributed by atoms with E-state index in [0.717, 1.165) is 12.8 Å². The van der Waals surface area contributed by atoms with E-state index in [9.17, 15) is 14.4 Å². The van der Waals surface area contributed by atoms with Crippen LogP contribution < -0.4 is 5.32 Å². The van der Waals surface area contributed by atoms with E-state index in [-0.39, 0.29) is 29.7 Å². The molecule has 4 rings (SSSR count). The predicted molar refractivity (Wildman–Crippen MR) is 73.9 cm³/mol. The highest BCUT2D eigenvalue weighted by atomic mass is 16.6. The summed E-state index contributed by atoms with van der Waals surface area (Å²) in [6.07, 6.45) is 1.52. The van der Waals surface area contributed by atoms with Crippen LogP contribution in [0.5, 0.6) is 0 Å². The van der Waals surface area contributed by atoms with Crippen LogP contribution in [0, 0.1) is 30.6 Å². The van der Waals surface area contributed by atoms with E-state index < -0.39 is 30.3 Å². The van der Waals surface area contributed by atoms with Crippen LogP contribution >= 0.6 is 0 Å². The highest BCUT2D eigenvalue weighted by Gasteiger charge is 2.64. The molecule has 8 nitrogen and oxygen atoms in total. The second-order valence-corrected chi connectivity index (χ2v) is 6.40. The van der Waals surface area contributed by atoms with Gasteiger partial charge in [0.05, 0.1) is 11.8 Å². The van der Waals surface area contributed by atoms with Gasteiger partial charge in [-0.05, 0) is 25.7 Å². The van der Waals surface area contributed by atoms with E-state index in [1.54, 1.807) is 13.0 Å². The van der Waals surface area contributed by atoms with Crippen molar-refractivity contribution in [3.8, 4) is 0 Å². The van der Waals surface area contributed by atoms with Gasteiger partial charge in [0.2, 0.25) is 0 Å². The first kappa shape index (κ1) is 14.2. The minimum Gasteiger partial charge on any atom is -0.462 e. The Balaban J connectivity index is 1.34. The number of anilines is 1. The summed E-state index contributed by atoms with van der Waals surface area (Å²) >= 11 is 0. The zero-order valence-electron chi connectivity index (χ0n) is 12.5. The number of amides is 1. The summed E-state index contributed by atoms with van der Waals surface area (Å²) < 4.78 is 15.2. The summed E-state index contributed by atoms with van der Waals surface area (Å²) in [5, 5.41) is 6.10. The van der Waals surface area contributed by atoms with Crippen molar-refractivity contribution >= 4 is 23.7 Å². The largest absolute Gasteiger partial charge is 0.462 e. The molecule has 2 heterocycles. The minimum absolute atomic E-state index is 0.0275. The number of fused-ring (bicyclic) bond motifs is 1. The molecule has 0 aromatic carbocycles. The number of nitrogens with one attached hydrogen (secondary N) is 1. The van der Waals surface area contributed by atoms with Gasteiger partial charge in [-0.15, -0.1) is 0 Å². The number of hydrogen-bond acceptors (Lipinski definition) is 7. The van der Waals surface area contributed by atoms with E-state index >= 15 is 0 Å². The van der Waals surface area contributed by atoms with Crippen LogP contribution in [0.4, 0.5) is 5.82 Å². The topological polar surface area (TPSA) is 108 Å². The smallest absolute Gasteiger partial charge is 0.310 e. The lowest BCUT2D eigenvalue weighted by atomic mass is 9.80. The molecule has 5 atom stereocenters. The molecule has 3 aliphatic rings. The highest BCUT2D eigenvalue weighted by molar-refractivity contribution is 5.92. The Morgan fingerprint density at radius 1 is 1.43 bits per heavy atom. The Morgan fingerprint density at radius 2 is 2.26 bits per heavy atom. The summed E-state index contributed by atoms with van der Waals surface area (Å²) in [5.41, 5.74) is 0. The Kier molecular flexibility index (Phi) is 3.14. The minimum atomic E-state index is -0.498. The van der Waals surface area contributed by atoms with Crippen molar-refractivity contribution in [2.75, 3.05) is 11.9 Å². The van der Waals surface area contributed by atoms with Gasteiger partial charge in [0.25, 0.3) is 5.91 Å². The van der Waals surface area contributed by atoms with E-state index in [1.807, 2.05) is 0 Å². The van der Waals surface area contributed by atoms with Crippen molar-refractivity contribution in [3.05, 3.63) is 11.8 Å². The van der Waals surface area contributed by atoms with E-state index in [0.29, 0.717) is 5.76 Å². The molecular weight excluding hydrogens is 304 g/mol. The van der Waals surface area contributed by atoms with Gasteiger partial charge < -0.3 is 19.3 Å². The van der Waals surface area contributed by atoms with Crippen molar-refractivity contribution < 1.29 is 28.4 Å². The number of ether oxygens (including phenoxy) is 2. The third-order valence-electron chi connectivity index (χ3n) is 5.00. The molecule has 122 valence electrons. The SMILES string of the molecule is Cc1cc(NC(=O)COC(=O)[C@@H]2[C@@H]3C[C@@H]4[C@H]2C(=O)O[C@@H]4C3)no1. The monoisotopic (exact) mass is 320 g/mol. The summed E-state index contributed by atoms with van der Waals surface area (Å²) in [6.45, 7) is 1.29. The summed E-state index contributed by atoms with van der Waals surface area (Å²) in [6, 6.07) is 1.56. The molecule has 3 fully saturated rings. The molecule has 2 saturated carbocycles. The van der Waals surface area contributed by atoms with Gasteiger partial charge >= 0.3 is 11.9 Å². The first-order chi connectivity index (χ1) is 11.0. The Hall–Kier alpha value is -2.38. The lowest BCUT2D eigenvalue weighted by molar-refractivity contribution is -0.157. The summed E-state index contributed by atoms with van der Waals surface area (Å²) in [7, 11) is 0. The lowest BCUT2D eigenvalue weighted by Crippen LogP contribution is -2.35. The molecule has 0 spiro atoms. The molecule has 1 aliphatic heterocycles. The number of aryl methyl sites for hydroxylation is 1. The third-order valence-corrected chi connectivity index (χ3v) is 5.00. The van der Waals surface area contributed by atoms with Crippen LogP contribution in [0.3, 0.4) is 0 Å². The fourth-order valence-electron chi connectivity index (χ4n) is 4.16. The quantitative estimate of drug-likeness (QED) is 0.812. The Labute approximate surface area is 131 Å². The average Bonchev–Trinajstić information content (AvgIpc) is 3.20. The maximum absolute atomic E-state index is 12.3. The van der Waals surface area contributed by atoms with Crippen molar-refractivity contribution in [2.24, 2.45) is 23.7 Å². The van der Waals surface area contributed by atoms with Crippen LogP contribution in [0.2, 0.25) is 0 Å². The molecular formula is C15H16N2O6. The van der Waals surface area contributed by atoms with Crippen molar-refractivity contribution in [2.45, 2.75) is 25.9 Å². The first-order valence-electron chi connectivity index (χ1n) is 7.63. The van der Waals surface area contributed by atoms with Crippen LogP contribution in [-0.2, 0) is 23.9 Å². The number of esters is 2. The van der Waals surface area contributed by atoms with Crippen LogP contribution in [0.25, 0.3) is 0 Å². The number of carbonyl (C=O) groups excluding carboxylic acids is 3. The van der Waals surface area contributed by atoms with Crippen molar-refractivity contribution in [3.63, 3.8) is 0 Å². The zero-order chi connectivity index (χ0) is 16.1. The molecule has 1 N–H and O–H groups in total. The predicted octanol–water partition coefficient (Wildman–Crippen LogP) is 0.662. The molecule has 2 bridgehead atoms. The van der Waals surface area contributed by atoms with E-state index in [4.69, 9.17) is 14.0 Å². The van der Waals surface area contributed by atoms with Crippen molar-refractivity contribution in [1.82, 2.24) is 5.16 Å². The van der Waals surface area contributed by atoms with Gasteiger partial charge in [-0.2, -0.15) is 0 Å². The van der Waals surface area contributed by atoms with Gasteiger partial charge in [-0.3, -0.25) is 14.4 Å². The summed E-state index contributed by atoms with van der Waals surface area (Å²) in [4.78, 5) is 35.9. The third kappa shape index (κ3) is 2.29. The van der Waals surface area contributed by atoms with Gasteiger partial charge in [0.15, 0.2) is 12.4 Å². The molecule has 1 amide bonds. The number of nitrogens with zero attached hydrogens (tertiary/aromatic N) is 1. The molecule has 0 radical (unpaired) electrons. The van der Waals surface area contributed by atoms with Gasteiger partial charge in [0, 0.05) is 12.0 Å². The maximum Gasteiger partial charge on any atom is 0.310 e. The Bertz CT molecular complexity index is 681. The molecule has 8 heteroatoms. The molecule has 1 aromatic heterocycles. The van der Waals surface area contributed by atoms with E-state index in [2.05, 4.69) is 10.5 Å². The second-order valence-electron chi connectivity index (χ2n) is 6.40. The molecule has 2 aliphatic carbocycles. The Morgan fingerprint density at radius 3 is 3.00 bits per heavy atom. The molecule has 1 aromatic rings. The van der Waals surface area contributed by atoms with Crippen LogP contribution in [0.1, 0.15) is 18.6 Å². The molecule has 23 heavy (non-hydrogen) atoms. The zero-order valence-corrected chi connectivity index (χ0v) is 12.5. The molecule has 1 saturated heterocycles.